The number of nitrogens with one attached hydrogen (secondary N) is 2. The van der Waals surface area contributed by atoms with Gasteiger partial charge in [0.2, 0.25) is 0 Å². The van der Waals surface area contributed by atoms with E-state index in [1.165, 1.54) is 0 Å². The highest BCUT2D eigenvalue weighted by Gasteiger charge is 2.32. The monoisotopic (exact) mass is 414 g/mol. The van der Waals surface area contributed by atoms with E-state index in [4.69, 9.17) is 21.1 Å². The van der Waals surface area contributed by atoms with Gasteiger partial charge in [0.05, 0.1) is 18.2 Å². The first-order valence-electron chi connectivity index (χ1n) is 9.40. The fourth-order valence-corrected chi connectivity index (χ4v) is 3.12. The number of benzene rings is 2. The van der Waals surface area contributed by atoms with E-state index < -0.39 is 12.0 Å². The summed E-state index contributed by atoms with van der Waals surface area (Å²) in [5.74, 6) is 0.240. The van der Waals surface area contributed by atoms with Crippen LogP contribution in [0.3, 0.4) is 0 Å². The normalized spacial score (nSPS) is 16.1. The fraction of sp³-hybridized carbons (Fsp3) is 0.273. The minimum Gasteiger partial charge on any atom is -0.489 e. The first-order valence-corrected chi connectivity index (χ1v) is 9.78. The zero-order chi connectivity index (χ0) is 20.8. The molecule has 6 nitrogen and oxygen atoms in total. The van der Waals surface area contributed by atoms with Crippen LogP contribution in [0.1, 0.15) is 37.4 Å². The number of hydrogen-bond acceptors (Lipinski definition) is 4. The third-order valence-electron chi connectivity index (χ3n) is 4.46. The van der Waals surface area contributed by atoms with E-state index in [1.807, 2.05) is 55.5 Å². The number of carbonyl (C=O) groups is 2. The molecule has 3 rings (SSSR count). The Morgan fingerprint density at radius 3 is 2.45 bits per heavy atom. The molecule has 29 heavy (non-hydrogen) atoms. The van der Waals surface area contributed by atoms with E-state index in [9.17, 15) is 9.59 Å². The number of ether oxygens (including phenoxy) is 2. The number of esters is 1. The van der Waals surface area contributed by atoms with Gasteiger partial charge in [-0.25, -0.2) is 9.59 Å². The molecule has 0 spiro atoms. The number of carbonyl (C=O) groups excluding carboxylic acids is 2. The second-order valence-electron chi connectivity index (χ2n) is 6.69. The van der Waals surface area contributed by atoms with Crippen LogP contribution in [-0.2, 0) is 16.1 Å². The number of allylic oxidation sites excluding steroid dienone is 1. The minimum absolute atomic E-state index is 0.327. The minimum atomic E-state index is -0.585. The van der Waals surface area contributed by atoms with Crippen molar-refractivity contribution >= 4 is 23.6 Å². The summed E-state index contributed by atoms with van der Waals surface area (Å²) in [7, 11) is 0. The summed E-state index contributed by atoms with van der Waals surface area (Å²) in [6.07, 6.45) is 0.724. The summed E-state index contributed by atoms with van der Waals surface area (Å²) in [4.78, 5) is 24.4. The molecule has 1 aliphatic rings. The summed E-state index contributed by atoms with van der Waals surface area (Å²) < 4.78 is 11.1. The molecule has 0 radical (unpaired) electrons. The molecule has 2 amide bonds. The third kappa shape index (κ3) is 5.29. The van der Waals surface area contributed by atoms with E-state index in [0.717, 1.165) is 17.5 Å². The molecule has 1 heterocycles. The Labute approximate surface area is 174 Å². The highest BCUT2D eigenvalue weighted by Crippen LogP contribution is 2.29. The average Bonchev–Trinajstić information content (AvgIpc) is 2.71. The van der Waals surface area contributed by atoms with Gasteiger partial charge in [0.15, 0.2) is 0 Å². The van der Waals surface area contributed by atoms with Crippen molar-refractivity contribution in [3.63, 3.8) is 0 Å². The number of hydrogen-bond donors (Lipinski definition) is 2. The Kier molecular flexibility index (Phi) is 6.77. The van der Waals surface area contributed by atoms with E-state index in [1.54, 1.807) is 6.92 Å². The Bertz CT molecular complexity index is 907. The molecule has 0 aliphatic carbocycles. The average molecular weight is 415 g/mol. The molecule has 2 aromatic carbocycles. The van der Waals surface area contributed by atoms with Crippen LogP contribution in [0.2, 0.25) is 5.02 Å². The maximum atomic E-state index is 12.5. The van der Waals surface area contributed by atoms with Gasteiger partial charge in [0.1, 0.15) is 12.4 Å². The SMILES string of the molecule is CCCOC(=O)C1=C(C)NC(=O)NC1c1ccc(OCc2ccc(Cl)cc2)cc1. The molecule has 0 saturated carbocycles. The van der Waals surface area contributed by atoms with E-state index in [-0.39, 0.29) is 6.03 Å². The molecular weight excluding hydrogens is 392 g/mol. The Morgan fingerprint density at radius 2 is 1.79 bits per heavy atom. The summed E-state index contributed by atoms with van der Waals surface area (Å²) in [5, 5.41) is 6.11. The van der Waals surface area contributed by atoms with E-state index in [0.29, 0.717) is 35.3 Å². The first kappa shape index (κ1) is 20.7. The van der Waals surface area contributed by atoms with Crippen molar-refractivity contribution in [3.05, 3.63) is 76.0 Å². The predicted octanol–water partition coefficient (Wildman–Crippen LogP) is 4.50. The van der Waals surface area contributed by atoms with Crippen LogP contribution in [0.25, 0.3) is 0 Å². The number of amides is 2. The number of halogens is 1. The van der Waals surface area contributed by atoms with Crippen LogP contribution >= 0.6 is 11.6 Å². The van der Waals surface area contributed by atoms with Crippen LogP contribution < -0.4 is 15.4 Å². The molecule has 152 valence electrons. The summed E-state index contributed by atoms with van der Waals surface area (Å²) >= 11 is 5.89. The molecule has 2 N–H and O–H groups in total. The molecule has 0 aromatic heterocycles. The zero-order valence-electron chi connectivity index (χ0n) is 16.3. The quantitative estimate of drug-likeness (QED) is 0.654. The number of urea groups is 1. The van der Waals surface area contributed by atoms with Crippen molar-refractivity contribution in [2.75, 3.05) is 6.61 Å². The maximum absolute atomic E-state index is 12.5. The van der Waals surface area contributed by atoms with E-state index >= 15 is 0 Å². The van der Waals surface area contributed by atoms with Crippen LogP contribution in [0, 0.1) is 0 Å². The summed E-state index contributed by atoms with van der Waals surface area (Å²) in [5.41, 5.74) is 2.65. The van der Waals surface area contributed by atoms with Crippen molar-refractivity contribution < 1.29 is 19.1 Å². The van der Waals surface area contributed by atoms with E-state index in [2.05, 4.69) is 10.6 Å². The molecule has 0 fully saturated rings. The van der Waals surface area contributed by atoms with Gasteiger partial charge in [-0.3, -0.25) is 0 Å². The van der Waals surface area contributed by atoms with Gasteiger partial charge in [-0.2, -0.15) is 0 Å². The van der Waals surface area contributed by atoms with Gasteiger partial charge in [-0.15, -0.1) is 0 Å². The predicted molar refractivity (Wildman–Crippen MR) is 111 cm³/mol. The molecule has 1 atom stereocenters. The standard InChI is InChI=1S/C22H23ClN2O4/c1-3-12-28-21(26)19-14(2)24-22(27)25-20(19)16-6-10-18(11-7-16)29-13-15-4-8-17(23)9-5-15/h4-11,20H,3,12-13H2,1-2H3,(H2,24,25,27). The van der Waals surface area contributed by atoms with Gasteiger partial charge in [0.25, 0.3) is 0 Å². The lowest BCUT2D eigenvalue weighted by Crippen LogP contribution is -2.45. The van der Waals surface area contributed by atoms with Crippen molar-refractivity contribution in [1.29, 1.82) is 0 Å². The molecule has 0 saturated heterocycles. The molecular formula is C22H23ClN2O4. The topological polar surface area (TPSA) is 76.7 Å². The Balaban J connectivity index is 1.74. The molecule has 2 aromatic rings. The van der Waals surface area contributed by atoms with Crippen LogP contribution in [0.4, 0.5) is 4.79 Å². The Morgan fingerprint density at radius 1 is 1.10 bits per heavy atom. The highest BCUT2D eigenvalue weighted by atomic mass is 35.5. The smallest absolute Gasteiger partial charge is 0.338 e. The van der Waals surface area contributed by atoms with Gasteiger partial charge in [0, 0.05) is 10.7 Å². The van der Waals surface area contributed by atoms with Gasteiger partial charge in [-0.1, -0.05) is 42.8 Å². The molecule has 1 aliphatic heterocycles. The van der Waals surface area contributed by atoms with Gasteiger partial charge >= 0.3 is 12.0 Å². The number of rotatable bonds is 7. The molecule has 1 unspecified atom stereocenters. The van der Waals surface area contributed by atoms with Crippen LogP contribution in [-0.4, -0.2) is 18.6 Å². The third-order valence-corrected chi connectivity index (χ3v) is 4.71. The molecule has 7 heteroatoms. The lowest BCUT2D eigenvalue weighted by atomic mass is 9.95. The van der Waals surface area contributed by atoms with Crippen molar-refractivity contribution in [2.24, 2.45) is 0 Å². The zero-order valence-corrected chi connectivity index (χ0v) is 17.1. The molecule has 0 bridgehead atoms. The largest absolute Gasteiger partial charge is 0.489 e. The summed E-state index contributed by atoms with van der Waals surface area (Å²) in [6.45, 7) is 4.36. The lowest BCUT2D eigenvalue weighted by Gasteiger charge is -2.28. The van der Waals surface area contributed by atoms with Crippen molar-refractivity contribution in [2.45, 2.75) is 32.9 Å². The highest BCUT2D eigenvalue weighted by molar-refractivity contribution is 6.30. The van der Waals surface area contributed by atoms with Gasteiger partial charge < -0.3 is 20.1 Å². The first-order chi connectivity index (χ1) is 14.0. The van der Waals surface area contributed by atoms with Crippen molar-refractivity contribution in [1.82, 2.24) is 10.6 Å². The van der Waals surface area contributed by atoms with Gasteiger partial charge in [-0.05, 0) is 48.7 Å². The summed E-state index contributed by atoms with van der Waals surface area (Å²) in [6, 6.07) is 13.8. The van der Waals surface area contributed by atoms with Crippen LogP contribution in [0.5, 0.6) is 5.75 Å². The maximum Gasteiger partial charge on any atom is 0.338 e. The second kappa shape index (κ2) is 9.47. The second-order valence-corrected chi connectivity index (χ2v) is 7.13. The van der Waals surface area contributed by atoms with Crippen LogP contribution in [0.15, 0.2) is 59.8 Å². The van der Waals surface area contributed by atoms with Crippen molar-refractivity contribution in [3.8, 4) is 5.75 Å². The fourth-order valence-electron chi connectivity index (χ4n) is 2.99. The Hall–Kier alpha value is -2.99. The lowest BCUT2D eigenvalue weighted by molar-refractivity contribution is -0.139.